The molecule has 6 nitrogen and oxygen atoms in total. The third-order valence-electron chi connectivity index (χ3n) is 6.19. The highest BCUT2D eigenvalue weighted by atomic mass is 35.5. The number of benzene rings is 1. The zero-order valence-corrected chi connectivity index (χ0v) is 21.6. The van der Waals surface area contributed by atoms with Crippen molar-refractivity contribution in [2.45, 2.75) is 51.7 Å². The van der Waals surface area contributed by atoms with Crippen molar-refractivity contribution in [3.05, 3.63) is 40.0 Å². The largest absolute Gasteiger partial charge is 0.421 e. The van der Waals surface area contributed by atoms with Gasteiger partial charge in [-0.05, 0) is 57.0 Å². The molecule has 35 heavy (non-hydrogen) atoms. The summed E-state index contributed by atoms with van der Waals surface area (Å²) >= 11 is 12.0. The van der Waals surface area contributed by atoms with E-state index in [1.54, 1.807) is 23.1 Å². The van der Waals surface area contributed by atoms with E-state index in [-0.39, 0.29) is 17.8 Å². The number of alkyl halides is 3. The lowest BCUT2D eigenvalue weighted by Gasteiger charge is -2.38. The van der Waals surface area contributed by atoms with E-state index >= 15 is 0 Å². The van der Waals surface area contributed by atoms with Gasteiger partial charge in [-0.2, -0.15) is 18.2 Å². The number of likely N-dealkylation sites (N-methyl/N-ethyl adjacent to an activating group) is 1. The Balaban J connectivity index is 1.76. The third kappa shape index (κ3) is 7.84. The highest BCUT2D eigenvalue weighted by Crippen LogP contribution is 2.38. The fourth-order valence-corrected chi connectivity index (χ4v) is 4.49. The first-order valence-electron chi connectivity index (χ1n) is 12.0. The Bertz CT molecular complexity index is 959. The molecule has 0 bridgehead atoms. The summed E-state index contributed by atoms with van der Waals surface area (Å²) in [7, 11) is 0. The predicted molar refractivity (Wildman–Crippen MR) is 135 cm³/mol. The number of halogens is 5. The van der Waals surface area contributed by atoms with Crippen molar-refractivity contribution in [3.63, 3.8) is 0 Å². The lowest BCUT2D eigenvalue weighted by atomic mass is 9.99. The minimum Gasteiger partial charge on any atom is -0.380 e. The number of hydrogen-bond donors (Lipinski definition) is 1. The lowest BCUT2D eigenvalue weighted by Crippen LogP contribution is -2.42. The predicted octanol–water partition coefficient (Wildman–Crippen LogP) is 6.65. The van der Waals surface area contributed by atoms with Gasteiger partial charge >= 0.3 is 6.18 Å². The van der Waals surface area contributed by atoms with E-state index in [9.17, 15) is 13.2 Å². The van der Waals surface area contributed by atoms with Gasteiger partial charge in [-0.25, -0.2) is 4.98 Å². The van der Waals surface area contributed by atoms with Gasteiger partial charge in [-0.3, -0.25) is 0 Å². The maximum atomic E-state index is 13.9. The lowest BCUT2D eigenvalue weighted by molar-refractivity contribution is -0.137. The summed E-state index contributed by atoms with van der Waals surface area (Å²) in [5.74, 6) is -0.0471. The van der Waals surface area contributed by atoms with E-state index in [0.29, 0.717) is 41.9 Å². The van der Waals surface area contributed by atoms with Crippen molar-refractivity contribution in [2.75, 3.05) is 49.6 Å². The van der Waals surface area contributed by atoms with Crippen molar-refractivity contribution in [2.24, 2.45) is 0 Å². The number of ether oxygens (including phenoxy) is 1. The standard InChI is InChI=1S/C24H32Cl2F3N5O/c1-3-33(4-2)12-14-35-13-10-18-7-5-6-11-34(18)22-19(24(27,28)29)16-30-23(32-22)31-17-8-9-20(25)21(26)15-17/h8-9,15-16,18H,3-7,10-14H2,1-2H3,(H,30,31,32). The number of hydrogen-bond acceptors (Lipinski definition) is 6. The van der Waals surface area contributed by atoms with Gasteiger partial charge in [-0.1, -0.05) is 37.0 Å². The molecule has 1 saturated heterocycles. The van der Waals surface area contributed by atoms with E-state index < -0.39 is 11.7 Å². The van der Waals surface area contributed by atoms with Crippen LogP contribution in [-0.4, -0.2) is 60.3 Å². The Hall–Kier alpha value is -1.81. The summed E-state index contributed by atoms with van der Waals surface area (Å²) in [4.78, 5) is 12.3. The second-order valence-electron chi connectivity index (χ2n) is 8.45. The molecule has 1 N–H and O–H groups in total. The van der Waals surface area contributed by atoms with Crippen molar-refractivity contribution >= 4 is 40.7 Å². The molecule has 0 amide bonds. The van der Waals surface area contributed by atoms with Crippen LogP contribution in [0.5, 0.6) is 0 Å². The van der Waals surface area contributed by atoms with E-state index in [0.717, 1.165) is 45.1 Å². The monoisotopic (exact) mass is 533 g/mol. The van der Waals surface area contributed by atoms with Crippen LogP contribution in [0.25, 0.3) is 0 Å². The smallest absolute Gasteiger partial charge is 0.380 e. The maximum absolute atomic E-state index is 13.9. The number of anilines is 3. The van der Waals surface area contributed by atoms with Crippen molar-refractivity contribution < 1.29 is 17.9 Å². The normalized spacial score (nSPS) is 16.7. The average Bonchev–Trinajstić information content (AvgIpc) is 2.83. The minimum absolute atomic E-state index is 0.0613. The van der Waals surface area contributed by atoms with Crippen LogP contribution in [0, 0.1) is 0 Å². The molecule has 11 heteroatoms. The molecule has 1 aromatic carbocycles. The molecular weight excluding hydrogens is 502 g/mol. The Morgan fingerprint density at radius 3 is 2.60 bits per heavy atom. The molecular formula is C24H32Cl2F3N5O. The van der Waals surface area contributed by atoms with Crippen LogP contribution in [-0.2, 0) is 10.9 Å². The SMILES string of the molecule is CCN(CC)CCOCCC1CCCCN1c1nc(Nc2ccc(Cl)c(Cl)c2)ncc1C(F)(F)F. The second-order valence-corrected chi connectivity index (χ2v) is 9.27. The zero-order valence-electron chi connectivity index (χ0n) is 20.0. The molecule has 3 rings (SSSR count). The Kier molecular flexibility index (Phi) is 10.3. The molecule has 0 spiro atoms. The molecule has 0 radical (unpaired) electrons. The summed E-state index contributed by atoms with van der Waals surface area (Å²) in [6, 6.07) is 4.74. The molecule has 1 unspecified atom stereocenters. The molecule has 1 atom stereocenters. The van der Waals surface area contributed by atoms with E-state index in [1.807, 2.05) is 0 Å². The van der Waals surface area contributed by atoms with E-state index in [1.165, 1.54) is 0 Å². The third-order valence-corrected chi connectivity index (χ3v) is 6.93. The van der Waals surface area contributed by atoms with Crippen LogP contribution < -0.4 is 10.2 Å². The van der Waals surface area contributed by atoms with E-state index in [2.05, 4.69) is 34.0 Å². The molecule has 2 heterocycles. The maximum Gasteiger partial charge on any atom is 0.421 e. The van der Waals surface area contributed by atoms with Crippen molar-refractivity contribution in [1.82, 2.24) is 14.9 Å². The Morgan fingerprint density at radius 2 is 1.91 bits per heavy atom. The Labute approximate surface area is 214 Å². The number of piperidine rings is 1. The van der Waals surface area contributed by atoms with Crippen LogP contribution in [0.4, 0.5) is 30.6 Å². The van der Waals surface area contributed by atoms with Crippen LogP contribution in [0.2, 0.25) is 10.0 Å². The van der Waals surface area contributed by atoms with Gasteiger partial charge in [0.2, 0.25) is 5.95 Å². The van der Waals surface area contributed by atoms with E-state index in [4.69, 9.17) is 27.9 Å². The fourth-order valence-electron chi connectivity index (χ4n) is 4.19. The number of rotatable bonds is 11. The van der Waals surface area contributed by atoms with Gasteiger partial charge in [0.25, 0.3) is 0 Å². The first kappa shape index (κ1) is 27.8. The van der Waals surface area contributed by atoms with Gasteiger partial charge < -0.3 is 19.9 Å². The molecule has 1 fully saturated rings. The first-order valence-corrected chi connectivity index (χ1v) is 12.7. The van der Waals surface area contributed by atoms with Gasteiger partial charge in [0.15, 0.2) is 0 Å². The van der Waals surface area contributed by atoms with Crippen LogP contribution >= 0.6 is 23.2 Å². The summed E-state index contributed by atoms with van der Waals surface area (Å²) in [5, 5.41) is 3.63. The Morgan fingerprint density at radius 1 is 1.14 bits per heavy atom. The zero-order chi connectivity index (χ0) is 25.4. The minimum atomic E-state index is -4.57. The van der Waals surface area contributed by atoms with Crippen molar-refractivity contribution in [3.8, 4) is 0 Å². The van der Waals surface area contributed by atoms with Gasteiger partial charge in [-0.15, -0.1) is 0 Å². The van der Waals surface area contributed by atoms with Crippen LogP contribution in [0.15, 0.2) is 24.4 Å². The van der Waals surface area contributed by atoms with Gasteiger partial charge in [0, 0.05) is 37.6 Å². The topological polar surface area (TPSA) is 53.5 Å². The molecule has 0 saturated carbocycles. The molecule has 1 aliphatic heterocycles. The molecule has 1 aliphatic rings. The average molecular weight is 534 g/mol. The fraction of sp³-hybridized carbons (Fsp3) is 0.583. The molecule has 0 aliphatic carbocycles. The van der Waals surface area contributed by atoms with Gasteiger partial charge in [0.1, 0.15) is 11.4 Å². The highest BCUT2D eigenvalue weighted by Gasteiger charge is 2.38. The summed E-state index contributed by atoms with van der Waals surface area (Å²) in [5.41, 5.74) is -0.312. The van der Waals surface area contributed by atoms with Crippen LogP contribution in [0.3, 0.4) is 0 Å². The molecule has 2 aromatic rings. The van der Waals surface area contributed by atoms with Crippen molar-refractivity contribution in [1.29, 1.82) is 0 Å². The number of nitrogens with zero attached hydrogens (tertiary/aromatic N) is 4. The summed E-state index contributed by atoms with van der Waals surface area (Å²) in [6.45, 7) is 8.57. The highest BCUT2D eigenvalue weighted by molar-refractivity contribution is 6.42. The quantitative estimate of drug-likeness (QED) is 0.326. The van der Waals surface area contributed by atoms with Crippen LogP contribution in [0.1, 0.15) is 45.1 Å². The summed E-state index contributed by atoms with van der Waals surface area (Å²) in [6.07, 6.45) is -0.545. The van der Waals surface area contributed by atoms with Gasteiger partial charge in [0.05, 0.1) is 16.7 Å². The first-order chi connectivity index (χ1) is 16.7. The number of nitrogens with one attached hydrogen (secondary N) is 1. The second kappa shape index (κ2) is 12.9. The number of aromatic nitrogens is 2. The summed E-state index contributed by atoms with van der Waals surface area (Å²) < 4.78 is 47.5. The molecule has 194 valence electrons. The molecule has 1 aromatic heterocycles.